The van der Waals surface area contributed by atoms with Crippen molar-refractivity contribution in [3.63, 3.8) is 0 Å². The molecule has 3 nitrogen and oxygen atoms in total. The maximum absolute atomic E-state index is 12.3. The molecule has 0 bridgehead atoms. The summed E-state index contributed by atoms with van der Waals surface area (Å²) >= 11 is 5.93. The number of nitrogens with one attached hydrogen (secondary N) is 1. The number of hydrogen-bond acceptors (Lipinski definition) is 2. The van der Waals surface area contributed by atoms with E-state index in [0.717, 1.165) is 31.5 Å². The number of piperidine rings is 1. The summed E-state index contributed by atoms with van der Waals surface area (Å²) in [7, 11) is 0. The van der Waals surface area contributed by atoms with Crippen molar-refractivity contribution in [2.24, 2.45) is 0 Å². The molecule has 1 unspecified atom stereocenters. The molecule has 1 aliphatic heterocycles. The molecule has 0 aliphatic carbocycles. The van der Waals surface area contributed by atoms with Crippen LogP contribution in [-0.2, 0) is 4.79 Å². The summed E-state index contributed by atoms with van der Waals surface area (Å²) in [6, 6.07) is 8.04. The first-order valence-electron chi connectivity index (χ1n) is 7.49. The number of anilines is 1. The van der Waals surface area contributed by atoms with Gasteiger partial charge in [0.15, 0.2) is 0 Å². The van der Waals surface area contributed by atoms with Crippen molar-refractivity contribution in [3.05, 3.63) is 29.3 Å². The summed E-state index contributed by atoms with van der Waals surface area (Å²) in [4.78, 5) is 14.4. The molecule has 1 fully saturated rings. The Kier molecular flexibility index (Phi) is 5.72. The van der Waals surface area contributed by atoms with Crippen molar-refractivity contribution in [1.29, 1.82) is 0 Å². The van der Waals surface area contributed by atoms with Gasteiger partial charge < -0.3 is 10.2 Å². The second kappa shape index (κ2) is 7.53. The normalized spacial score (nSPS) is 18.9. The molecule has 1 atom stereocenters. The van der Waals surface area contributed by atoms with Gasteiger partial charge in [0.05, 0.1) is 0 Å². The third-order valence-corrected chi connectivity index (χ3v) is 4.15. The quantitative estimate of drug-likeness (QED) is 0.892. The monoisotopic (exact) mass is 294 g/mol. The van der Waals surface area contributed by atoms with Gasteiger partial charge in [0, 0.05) is 36.3 Å². The van der Waals surface area contributed by atoms with E-state index in [0.29, 0.717) is 24.0 Å². The van der Waals surface area contributed by atoms with Crippen LogP contribution in [0.15, 0.2) is 24.3 Å². The van der Waals surface area contributed by atoms with Crippen LogP contribution in [-0.4, -0.2) is 29.9 Å². The van der Waals surface area contributed by atoms with E-state index in [1.165, 1.54) is 6.42 Å². The first-order chi connectivity index (χ1) is 9.70. The molecule has 110 valence electrons. The molecule has 1 aliphatic rings. The van der Waals surface area contributed by atoms with Gasteiger partial charge in [-0.2, -0.15) is 0 Å². The van der Waals surface area contributed by atoms with Crippen LogP contribution in [0.2, 0.25) is 5.02 Å². The summed E-state index contributed by atoms with van der Waals surface area (Å²) in [5.74, 6) is 0.270. The van der Waals surface area contributed by atoms with E-state index in [2.05, 4.69) is 17.1 Å². The molecule has 1 N–H and O–H groups in total. The van der Waals surface area contributed by atoms with Crippen molar-refractivity contribution >= 4 is 23.2 Å². The molecule has 1 aromatic rings. The maximum atomic E-state index is 12.3. The molecule has 0 saturated carbocycles. The predicted octanol–water partition coefficient (Wildman–Crippen LogP) is 3.93. The molecular formula is C16H23ClN2O. The Labute approximate surface area is 126 Å². The molecule has 2 rings (SSSR count). The van der Waals surface area contributed by atoms with Gasteiger partial charge in [0.1, 0.15) is 0 Å². The number of amides is 1. The fraction of sp³-hybridized carbons (Fsp3) is 0.562. The lowest BCUT2D eigenvalue weighted by Crippen LogP contribution is -2.43. The lowest BCUT2D eigenvalue weighted by atomic mass is 9.99. The van der Waals surface area contributed by atoms with E-state index in [9.17, 15) is 4.79 Å². The number of carbonyl (C=O) groups is 1. The lowest BCUT2D eigenvalue weighted by Gasteiger charge is -2.35. The van der Waals surface area contributed by atoms with Gasteiger partial charge in [0.25, 0.3) is 0 Å². The Morgan fingerprint density at radius 2 is 2.30 bits per heavy atom. The predicted molar refractivity (Wildman–Crippen MR) is 84.2 cm³/mol. The maximum Gasteiger partial charge on any atom is 0.224 e. The van der Waals surface area contributed by atoms with Gasteiger partial charge in [-0.25, -0.2) is 0 Å². The van der Waals surface area contributed by atoms with Crippen LogP contribution >= 0.6 is 11.6 Å². The summed E-state index contributed by atoms with van der Waals surface area (Å²) in [5, 5.41) is 3.97. The third-order valence-electron chi connectivity index (χ3n) is 3.91. The summed E-state index contributed by atoms with van der Waals surface area (Å²) in [6.45, 7) is 3.75. The molecule has 1 heterocycles. The van der Waals surface area contributed by atoms with Crippen molar-refractivity contribution in [3.8, 4) is 0 Å². The van der Waals surface area contributed by atoms with Crippen LogP contribution < -0.4 is 5.32 Å². The Morgan fingerprint density at radius 1 is 1.45 bits per heavy atom. The zero-order valence-corrected chi connectivity index (χ0v) is 12.8. The highest BCUT2D eigenvalue weighted by Gasteiger charge is 2.24. The van der Waals surface area contributed by atoms with Crippen LogP contribution in [0.1, 0.15) is 39.0 Å². The number of halogens is 1. The van der Waals surface area contributed by atoms with Gasteiger partial charge in [-0.15, -0.1) is 0 Å². The smallest absolute Gasteiger partial charge is 0.224 e. The average Bonchev–Trinajstić information content (AvgIpc) is 2.47. The standard InChI is InChI=1S/C16H23ClN2O/c1-2-15-8-3-4-11-19(15)16(20)9-10-18-14-7-5-6-13(17)12-14/h5-7,12,15,18H,2-4,8-11H2,1H3. The van der Waals surface area contributed by atoms with Crippen molar-refractivity contribution < 1.29 is 4.79 Å². The Morgan fingerprint density at radius 3 is 3.05 bits per heavy atom. The van der Waals surface area contributed by atoms with Crippen molar-refractivity contribution in [1.82, 2.24) is 4.90 Å². The molecule has 0 radical (unpaired) electrons. The topological polar surface area (TPSA) is 32.3 Å². The Hall–Kier alpha value is -1.22. The number of nitrogens with zero attached hydrogens (tertiary/aromatic N) is 1. The molecule has 1 aromatic carbocycles. The van der Waals surface area contributed by atoms with Gasteiger partial charge >= 0.3 is 0 Å². The van der Waals surface area contributed by atoms with Gasteiger partial charge in [-0.1, -0.05) is 24.6 Å². The fourth-order valence-corrected chi connectivity index (χ4v) is 3.00. The van der Waals surface area contributed by atoms with Crippen LogP contribution in [0.5, 0.6) is 0 Å². The molecule has 1 amide bonds. The lowest BCUT2D eigenvalue weighted by molar-refractivity contribution is -0.134. The summed E-state index contributed by atoms with van der Waals surface area (Å²) < 4.78 is 0. The Balaban J connectivity index is 1.79. The second-order valence-corrected chi connectivity index (χ2v) is 5.77. The number of rotatable bonds is 5. The minimum atomic E-state index is 0.270. The van der Waals surface area contributed by atoms with E-state index < -0.39 is 0 Å². The number of carbonyl (C=O) groups excluding carboxylic acids is 1. The van der Waals surface area contributed by atoms with E-state index >= 15 is 0 Å². The molecule has 4 heteroatoms. The zero-order valence-electron chi connectivity index (χ0n) is 12.1. The van der Waals surface area contributed by atoms with Gasteiger partial charge in [-0.05, 0) is 43.9 Å². The fourth-order valence-electron chi connectivity index (χ4n) is 2.81. The van der Waals surface area contributed by atoms with Crippen LogP contribution in [0.25, 0.3) is 0 Å². The van der Waals surface area contributed by atoms with E-state index in [4.69, 9.17) is 11.6 Å². The molecule has 0 aromatic heterocycles. The highest BCUT2D eigenvalue weighted by molar-refractivity contribution is 6.30. The van der Waals surface area contributed by atoms with Crippen molar-refractivity contribution in [2.45, 2.75) is 45.1 Å². The molecule has 20 heavy (non-hydrogen) atoms. The van der Waals surface area contributed by atoms with Crippen LogP contribution in [0.4, 0.5) is 5.69 Å². The van der Waals surface area contributed by atoms with Gasteiger partial charge in [0.2, 0.25) is 5.91 Å². The van der Waals surface area contributed by atoms with Crippen LogP contribution in [0, 0.1) is 0 Å². The molecule has 1 saturated heterocycles. The summed E-state index contributed by atoms with van der Waals surface area (Å²) in [6.07, 6.45) is 5.16. The van der Waals surface area contributed by atoms with Crippen LogP contribution in [0.3, 0.4) is 0 Å². The molecular weight excluding hydrogens is 272 g/mol. The molecule has 0 spiro atoms. The highest BCUT2D eigenvalue weighted by Crippen LogP contribution is 2.20. The summed E-state index contributed by atoms with van der Waals surface area (Å²) in [5.41, 5.74) is 0.969. The van der Waals surface area contributed by atoms with Crippen molar-refractivity contribution in [2.75, 3.05) is 18.4 Å². The largest absolute Gasteiger partial charge is 0.384 e. The zero-order chi connectivity index (χ0) is 14.4. The average molecular weight is 295 g/mol. The minimum Gasteiger partial charge on any atom is -0.384 e. The Bertz CT molecular complexity index is 450. The third kappa shape index (κ3) is 4.14. The number of likely N-dealkylation sites (tertiary alicyclic amines) is 1. The van der Waals surface area contributed by atoms with E-state index in [-0.39, 0.29) is 5.91 Å². The first-order valence-corrected chi connectivity index (χ1v) is 7.87. The first kappa shape index (κ1) is 15.2. The SMILES string of the molecule is CCC1CCCCN1C(=O)CCNc1cccc(Cl)c1. The van der Waals surface area contributed by atoms with E-state index in [1.54, 1.807) is 0 Å². The van der Waals surface area contributed by atoms with E-state index in [1.807, 2.05) is 24.3 Å². The minimum absolute atomic E-state index is 0.270. The van der Waals surface area contributed by atoms with Gasteiger partial charge in [-0.3, -0.25) is 4.79 Å². The highest BCUT2D eigenvalue weighted by atomic mass is 35.5. The second-order valence-electron chi connectivity index (χ2n) is 5.33. The number of hydrogen-bond donors (Lipinski definition) is 1. The number of benzene rings is 1.